The van der Waals surface area contributed by atoms with Crippen LogP contribution < -0.4 is 16.6 Å². The Morgan fingerprint density at radius 1 is 1.42 bits per heavy atom. The third-order valence-corrected chi connectivity index (χ3v) is 0.409. The summed E-state index contributed by atoms with van der Waals surface area (Å²) in [6.07, 6.45) is 0. The van der Waals surface area contributed by atoms with Crippen molar-refractivity contribution in [3.05, 3.63) is 15.3 Å². The van der Waals surface area contributed by atoms with Crippen molar-refractivity contribution in [1.82, 2.24) is 0 Å². The van der Waals surface area contributed by atoms with Gasteiger partial charge in [0, 0.05) is 5.71 Å². The van der Waals surface area contributed by atoms with Gasteiger partial charge in [-0.1, -0.05) is 0 Å². The van der Waals surface area contributed by atoms with Gasteiger partial charge < -0.3 is 15.3 Å². The molecular weight excluding hydrogens is 166 g/mol. The summed E-state index contributed by atoms with van der Waals surface area (Å²) in [5.41, 5.74) is 10.9. The summed E-state index contributed by atoms with van der Waals surface area (Å²) in [6, 6.07) is 0. The van der Waals surface area contributed by atoms with E-state index in [9.17, 15) is 0 Å². The van der Waals surface area contributed by atoms with Gasteiger partial charge in [-0.25, -0.2) is 0 Å². The van der Waals surface area contributed by atoms with Gasteiger partial charge >= 0.3 is 5.96 Å². The third kappa shape index (κ3) is 42.1. The fourth-order valence-electron chi connectivity index (χ4n) is 0.176. The van der Waals surface area contributed by atoms with Gasteiger partial charge in [-0.05, 0) is 13.8 Å². The number of nitrogens with zero attached hydrogens (tertiary/aromatic N) is 2. The van der Waals surface area contributed by atoms with E-state index in [1.807, 2.05) is 13.8 Å². The molecule has 0 aromatic carbocycles. The summed E-state index contributed by atoms with van der Waals surface area (Å²) >= 11 is 0. The molecule has 0 aromatic rings. The molecule has 0 unspecified atom stereocenters. The predicted octanol–water partition coefficient (Wildman–Crippen LogP) is -2.50. The monoisotopic (exact) mass is 177 g/mol. The molecule has 0 radical (unpaired) electrons. The Bertz CT molecular complexity index is 171. The lowest BCUT2D eigenvalue weighted by molar-refractivity contribution is -0.464. The zero-order valence-electron chi connectivity index (χ0n) is 6.77. The highest BCUT2D eigenvalue weighted by atomic mass is 16.9. The van der Waals surface area contributed by atoms with Crippen molar-refractivity contribution in [1.29, 1.82) is 0 Å². The summed E-state index contributed by atoms with van der Waals surface area (Å²) in [5.74, 6) is 0.117. The Hall–Kier alpha value is -1.86. The van der Waals surface area contributed by atoms with Crippen molar-refractivity contribution in [2.24, 2.45) is 16.6 Å². The molecule has 0 bridgehead atoms. The number of hydrogen-bond acceptors (Lipinski definition) is 4. The summed E-state index contributed by atoms with van der Waals surface area (Å²) in [6.45, 7) is 3.69. The molecule has 70 valence electrons. The van der Waals surface area contributed by atoms with Crippen LogP contribution in [0.25, 0.3) is 0 Å². The van der Waals surface area contributed by atoms with Crippen LogP contribution in [0.1, 0.15) is 13.8 Å². The molecule has 8 nitrogen and oxygen atoms in total. The van der Waals surface area contributed by atoms with Gasteiger partial charge in [0.25, 0.3) is 0 Å². The molecule has 0 aliphatic carbocycles. The predicted molar refractivity (Wildman–Crippen MR) is 43.5 cm³/mol. The van der Waals surface area contributed by atoms with Crippen LogP contribution in [0, 0.1) is 15.3 Å². The van der Waals surface area contributed by atoms with E-state index in [0.717, 1.165) is 5.71 Å². The minimum Gasteiger partial charge on any atom is -0.356 e. The number of hydrogen-bond donors (Lipinski definition) is 3. The Balaban J connectivity index is 0. The van der Waals surface area contributed by atoms with E-state index in [4.69, 9.17) is 26.8 Å². The van der Waals surface area contributed by atoms with Crippen LogP contribution >= 0.6 is 0 Å². The van der Waals surface area contributed by atoms with Crippen molar-refractivity contribution >= 4 is 11.7 Å². The summed E-state index contributed by atoms with van der Waals surface area (Å²) in [5, 5.41) is 20.9. The van der Waals surface area contributed by atoms with Gasteiger partial charge in [0.2, 0.25) is 0 Å². The first-order chi connectivity index (χ1) is 5.36. The van der Waals surface area contributed by atoms with Gasteiger partial charge in [0.05, 0.1) is 5.09 Å². The molecule has 0 aliphatic heterocycles. The molecular formula is C4H11N5O3. The fourth-order valence-corrected chi connectivity index (χ4v) is 0.176. The molecule has 0 spiro atoms. The molecule has 5 N–H and O–H groups in total. The van der Waals surface area contributed by atoms with Crippen LogP contribution in [0.2, 0.25) is 0 Å². The van der Waals surface area contributed by atoms with E-state index in [1.165, 1.54) is 0 Å². The van der Waals surface area contributed by atoms with Gasteiger partial charge in [0.15, 0.2) is 0 Å². The number of rotatable bonds is 1. The minimum atomic E-state index is -1.75. The first-order valence-corrected chi connectivity index (χ1v) is 2.82. The summed E-state index contributed by atoms with van der Waals surface area (Å²) in [7, 11) is 0. The van der Waals surface area contributed by atoms with E-state index < -0.39 is 5.09 Å². The zero-order chi connectivity index (χ0) is 10.1. The Morgan fingerprint density at radius 2 is 1.75 bits per heavy atom. The average molecular weight is 177 g/mol. The highest BCUT2D eigenvalue weighted by molar-refractivity contribution is 5.78. The molecule has 0 fully saturated rings. The number of hydrazone groups is 1. The first-order valence-electron chi connectivity index (χ1n) is 2.82. The SMILES string of the molecule is CC(C)=N[NH+]=C(N)N.O=[N+]([O-])[O-]. The molecule has 0 rings (SSSR count). The lowest BCUT2D eigenvalue weighted by Crippen LogP contribution is -2.72. The Morgan fingerprint density at radius 3 is 1.83 bits per heavy atom. The first kappa shape index (κ1) is 12.8. The lowest BCUT2D eigenvalue weighted by Gasteiger charge is -1.79. The van der Waals surface area contributed by atoms with Crippen LogP contribution in [0.4, 0.5) is 0 Å². The molecule has 0 saturated heterocycles. The van der Waals surface area contributed by atoms with Gasteiger partial charge in [-0.2, -0.15) is 5.10 Å². The second-order valence-corrected chi connectivity index (χ2v) is 1.85. The largest absolute Gasteiger partial charge is 0.362 e. The molecule has 12 heavy (non-hydrogen) atoms. The highest BCUT2D eigenvalue weighted by Crippen LogP contribution is 1.58. The second kappa shape index (κ2) is 7.25. The molecule has 0 heterocycles. The van der Waals surface area contributed by atoms with E-state index in [1.54, 1.807) is 0 Å². The fraction of sp³-hybridized carbons (Fsp3) is 0.500. The van der Waals surface area contributed by atoms with E-state index in [-0.39, 0.29) is 5.96 Å². The number of nitrogens with one attached hydrogen (secondary N) is 1. The molecule has 0 amide bonds. The molecule has 0 atom stereocenters. The number of guanidine groups is 1. The normalized spacial score (nSPS) is 7.17. The average Bonchev–Trinajstić information content (AvgIpc) is 1.82. The Labute approximate surface area is 68.7 Å². The summed E-state index contributed by atoms with van der Waals surface area (Å²) in [4.78, 5) is 8.25. The van der Waals surface area contributed by atoms with Crippen molar-refractivity contribution in [2.45, 2.75) is 13.8 Å². The maximum Gasteiger partial charge on any atom is 0.362 e. The molecule has 0 aromatic heterocycles. The van der Waals surface area contributed by atoms with Crippen LogP contribution in [-0.2, 0) is 0 Å². The zero-order valence-corrected chi connectivity index (χ0v) is 6.77. The highest BCUT2D eigenvalue weighted by Gasteiger charge is 1.80. The third-order valence-electron chi connectivity index (χ3n) is 0.409. The minimum absolute atomic E-state index is 0.117. The second-order valence-electron chi connectivity index (χ2n) is 1.85. The van der Waals surface area contributed by atoms with Crippen LogP contribution in [0.5, 0.6) is 0 Å². The maximum atomic E-state index is 8.25. The maximum absolute atomic E-state index is 8.25. The van der Waals surface area contributed by atoms with E-state index >= 15 is 0 Å². The molecule has 0 saturated carbocycles. The Kier molecular flexibility index (Phi) is 7.72. The van der Waals surface area contributed by atoms with Crippen LogP contribution in [0.3, 0.4) is 0 Å². The van der Waals surface area contributed by atoms with E-state index in [2.05, 4.69) is 10.2 Å². The van der Waals surface area contributed by atoms with Crippen LogP contribution in [-0.4, -0.2) is 16.8 Å². The van der Waals surface area contributed by atoms with Gasteiger partial charge in [-0.3, -0.25) is 11.5 Å². The van der Waals surface area contributed by atoms with Gasteiger partial charge in [-0.15, -0.1) is 5.10 Å². The number of nitrogens with two attached hydrogens (primary N) is 2. The smallest absolute Gasteiger partial charge is 0.356 e. The molecule has 8 heteroatoms. The van der Waals surface area contributed by atoms with Gasteiger partial charge in [0.1, 0.15) is 0 Å². The van der Waals surface area contributed by atoms with Crippen LogP contribution in [0.15, 0.2) is 5.10 Å². The van der Waals surface area contributed by atoms with Crippen molar-refractivity contribution in [3.8, 4) is 0 Å². The van der Waals surface area contributed by atoms with E-state index in [0.29, 0.717) is 0 Å². The molecule has 0 aliphatic rings. The topological polar surface area (TPSA) is 145 Å². The quantitative estimate of drug-likeness (QED) is 0.175. The van der Waals surface area contributed by atoms with Crippen molar-refractivity contribution in [3.63, 3.8) is 0 Å². The summed E-state index contributed by atoms with van der Waals surface area (Å²) < 4.78 is 0. The van der Waals surface area contributed by atoms with Crippen molar-refractivity contribution < 1.29 is 10.2 Å². The lowest BCUT2D eigenvalue weighted by atomic mass is 10.5. The van der Waals surface area contributed by atoms with Crippen molar-refractivity contribution in [2.75, 3.05) is 0 Å². The standard InChI is InChI=1S/C4H10N4.NO3/c1-3(2)7-8-4(5)6;2-1(3)4/h1-2H3,(H4,5,6,8);/q;-1/p+1.